The van der Waals surface area contributed by atoms with Crippen LogP contribution in [0.4, 0.5) is 10.1 Å². The predicted molar refractivity (Wildman–Crippen MR) is 71.6 cm³/mol. The van der Waals surface area contributed by atoms with Gasteiger partial charge in [-0.25, -0.2) is 14.2 Å². The first-order valence-electron chi connectivity index (χ1n) is 6.57. The van der Waals surface area contributed by atoms with Crippen LogP contribution in [0.2, 0.25) is 0 Å². The number of carboxylic acids is 1. The summed E-state index contributed by atoms with van der Waals surface area (Å²) in [6.07, 6.45) is 3.33. The van der Waals surface area contributed by atoms with Crippen molar-refractivity contribution in [1.82, 2.24) is 5.01 Å². The Hall–Kier alpha value is -1.62. The minimum atomic E-state index is -1.12. The van der Waals surface area contributed by atoms with E-state index in [1.165, 1.54) is 18.6 Å². The van der Waals surface area contributed by atoms with Crippen molar-refractivity contribution in [2.24, 2.45) is 0 Å². The predicted octanol–water partition coefficient (Wildman–Crippen LogP) is 3.11. The molecule has 0 bridgehead atoms. The van der Waals surface area contributed by atoms with Gasteiger partial charge in [0.2, 0.25) is 0 Å². The first kappa shape index (κ1) is 13.8. The molecule has 104 valence electrons. The van der Waals surface area contributed by atoms with Gasteiger partial charge in [-0.2, -0.15) is 0 Å². The third-order valence-corrected chi connectivity index (χ3v) is 3.66. The van der Waals surface area contributed by atoms with Crippen LogP contribution >= 0.6 is 0 Å². The molecule has 0 aliphatic carbocycles. The van der Waals surface area contributed by atoms with E-state index >= 15 is 0 Å². The summed E-state index contributed by atoms with van der Waals surface area (Å²) in [5.41, 5.74) is 3.37. The monoisotopic (exact) mass is 266 g/mol. The van der Waals surface area contributed by atoms with E-state index in [4.69, 9.17) is 5.11 Å². The van der Waals surface area contributed by atoms with Crippen molar-refractivity contribution in [2.45, 2.75) is 45.2 Å². The van der Waals surface area contributed by atoms with E-state index in [-0.39, 0.29) is 5.56 Å². The van der Waals surface area contributed by atoms with E-state index in [1.807, 2.05) is 5.01 Å². The molecule has 0 amide bonds. The summed E-state index contributed by atoms with van der Waals surface area (Å²) in [7, 11) is 0. The molecule has 1 aliphatic rings. The number of aromatic carboxylic acids is 1. The Morgan fingerprint density at radius 3 is 2.53 bits per heavy atom. The summed E-state index contributed by atoms with van der Waals surface area (Å²) in [6, 6.07) is 4.61. The SMILES string of the molecule is CC1CCCC(C)N1Nc1ccc(C(=O)O)cc1F. The Kier molecular flexibility index (Phi) is 4.04. The molecular weight excluding hydrogens is 247 g/mol. The van der Waals surface area contributed by atoms with E-state index < -0.39 is 11.8 Å². The molecule has 0 aromatic heterocycles. The van der Waals surface area contributed by atoms with Crippen LogP contribution in [0.5, 0.6) is 0 Å². The number of benzene rings is 1. The Balaban J connectivity index is 2.16. The second-order valence-corrected chi connectivity index (χ2v) is 5.15. The Morgan fingerprint density at radius 2 is 2.00 bits per heavy atom. The van der Waals surface area contributed by atoms with Crippen LogP contribution in [-0.2, 0) is 0 Å². The Bertz CT molecular complexity index is 469. The van der Waals surface area contributed by atoms with Crippen molar-refractivity contribution in [3.63, 3.8) is 0 Å². The van der Waals surface area contributed by atoms with Gasteiger partial charge in [0, 0.05) is 12.1 Å². The minimum absolute atomic E-state index is 0.0391. The molecule has 19 heavy (non-hydrogen) atoms. The van der Waals surface area contributed by atoms with Crippen molar-refractivity contribution >= 4 is 11.7 Å². The van der Waals surface area contributed by atoms with Crippen molar-refractivity contribution in [3.05, 3.63) is 29.6 Å². The van der Waals surface area contributed by atoms with E-state index in [2.05, 4.69) is 19.3 Å². The van der Waals surface area contributed by atoms with Crippen LogP contribution < -0.4 is 5.43 Å². The topological polar surface area (TPSA) is 52.6 Å². The van der Waals surface area contributed by atoms with Gasteiger partial charge in [0.25, 0.3) is 0 Å². The molecule has 5 heteroatoms. The average molecular weight is 266 g/mol. The number of hydrazine groups is 1. The average Bonchev–Trinajstić information content (AvgIpc) is 2.35. The summed E-state index contributed by atoms with van der Waals surface area (Å²) >= 11 is 0. The van der Waals surface area contributed by atoms with Gasteiger partial charge in [-0.3, -0.25) is 0 Å². The lowest BCUT2D eigenvalue weighted by Gasteiger charge is -2.39. The molecule has 0 spiro atoms. The molecular formula is C14H19FN2O2. The molecule has 1 fully saturated rings. The number of anilines is 1. The lowest BCUT2D eigenvalue weighted by Crippen LogP contribution is -2.47. The first-order valence-corrected chi connectivity index (χ1v) is 6.57. The van der Waals surface area contributed by atoms with Gasteiger partial charge in [0.1, 0.15) is 5.82 Å². The summed E-state index contributed by atoms with van der Waals surface area (Å²) in [4.78, 5) is 10.8. The van der Waals surface area contributed by atoms with E-state index in [0.717, 1.165) is 18.9 Å². The second-order valence-electron chi connectivity index (χ2n) is 5.15. The highest BCUT2D eigenvalue weighted by molar-refractivity contribution is 5.88. The fraction of sp³-hybridized carbons (Fsp3) is 0.500. The number of rotatable bonds is 3. The number of hydrogen-bond acceptors (Lipinski definition) is 3. The smallest absolute Gasteiger partial charge is 0.335 e. The van der Waals surface area contributed by atoms with E-state index in [0.29, 0.717) is 17.8 Å². The van der Waals surface area contributed by atoms with Gasteiger partial charge in [0.05, 0.1) is 11.3 Å². The number of carboxylic acid groups (broad SMARTS) is 1. The van der Waals surface area contributed by atoms with Crippen LogP contribution in [-0.4, -0.2) is 28.2 Å². The van der Waals surface area contributed by atoms with Gasteiger partial charge < -0.3 is 10.5 Å². The summed E-state index contributed by atoms with van der Waals surface area (Å²) in [5, 5.41) is 10.9. The van der Waals surface area contributed by atoms with Gasteiger partial charge in [-0.15, -0.1) is 0 Å². The first-order chi connectivity index (χ1) is 8.99. The second kappa shape index (κ2) is 5.57. The third-order valence-electron chi connectivity index (χ3n) is 3.66. The number of hydrogen-bond donors (Lipinski definition) is 2. The molecule has 2 rings (SSSR count). The van der Waals surface area contributed by atoms with E-state index in [9.17, 15) is 9.18 Å². The largest absolute Gasteiger partial charge is 0.478 e. The molecule has 2 unspecified atom stereocenters. The van der Waals surface area contributed by atoms with E-state index in [1.54, 1.807) is 0 Å². The highest BCUT2D eigenvalue weighted by atomic mass is 19.1. The molecule has 0 radical (unpaired) electrons. The van der Waals surface area contributed by atoms with Crippen LogP contribution in [0.3, 0.4) is 0 Å². The lowest BCUT2D eigenvalue weighted by atomic mass is 10.00. The molecule has 2 N–H and O–H groups in total. The van der Waals surface area contributed by atoms with Crippen molar-refractivity contribution < 1.29 is 14.3 Å². The number of piperidine rings is 1. The zero-order valence-corrected chi connectivity index (χ0v) is 11.2. The summed E-state index contributed by atoms with van der Waals surface area (Å²) in [6.45, 7) is 4.21. The van der Waals surface area contributed by atoms with Crippen LogP contribution in [0.1, 0.15) is 43.5 Å². The fourth-order valence-corrected chi connectivity index (χ4v) is 2.52. The minimum Gasteiger partial charge on any atom is -0.478 e. The quantitative estimate of drug-likeness (QED) is 0.882. The van der Waals surface area contributed by atoms with Crippen molar-refractivity contribution in [2.75, 3.05) is 5.43 Å². The lowest BCUT2D eigenvalue weighted by molar-refractivity contribution is 0.0696. The Labute approximate surface area is 112 Å². The normalized spacial score (nSPS) is 24.2. The number of nitrogens with one attached hydrogen (secondary N) is 1. The molecule has 1 aromatic rings. The van der Waals surface area contributed by atoms with Gasteiger partial charge in [-0.1, -0.05) is 6.42 Å². The number of halogens is 1. The van der Waals surface area contributed by atoms with Crippen molar-refractivity contribution in [1.29, 1.82) is 0 Å². The molecule has 0 saturated carbocycles. The zero-order valence-electron chi connectivity index (χ0n) is 11.2. The highest BCUT2D eigenvalue weighted by Crippen LogP contribution is 2.25. The molecule has 1 aromatic carbocycles. The molecule has 1 heterocycles. The van der Waals surface area contributed by atoms with Crippen LogP contribution in [0.15, 0.2) is 18.2 Å². The fourth-order valence-electron chi connectivity index (χ4n) is 2.52. The van der Waals surface area contributed by atoms with Gasteiger partial charge >= 0.3 is 5.97 Å². The van der Waals surface area contributed by atoms with Crippen LogP contribution in [0, 0.1) is 5.82 Å². The maximum absolute atomic E-state index is 13.9. The third kappa shape index (κ3) is 3.04. The van der Waals surface area contributed by atoms with Gasteiger partial charge in [0.15, 0.2) is 0 Å². The molecule has 2 atom stereocenters. The zero-order chi connectivity index (χ0) is 14.0. The maximum atomic E-state index is 13.9. The van der Waals surface area contributed by atoms with Crippen LogP contribution in [0.25, 0.3) is 0 Å². The Morgan fingerprint density at radius 1 is 1.37 bits per heavy atom. The molecule has 1 saturated heterocycles. The number of carbonyl (C=O) groups is 1. The maximum Gasteiger partial charge on any atom is 0.335 e. The standard InChI is InChI=1S/C14H19FN2O2/c1-9-4-3-5-10(2)17(9)16-13-7-6-11(14(18)19)8-12(13)15/h6-10,16H,3-5H2,1-2H3,(H,18,19). The number of nitrogens with zero attached hydrogens (tertiary/aromatic N) is 1. The summed E-state index contributed by atoms with van der Waals surface area (Å²) < 4.78 is 13.9. The summed E-state index contributed by atoms with van der Waals surface area (Å²) in [5.74, 6) is -1.66. The molecule has 1 aliphatic heterocycles. The van der Waals surface area contributed by atoms with Crippen molar-refractivity contribution in [3.8, 4) is 0 Å². The highest BCUT2D eigenvalue weighted by Gasteiger charge is 2.25. The van der Waals surface area contributed by atoms with Gasteiger partial charge in [-0.05, 0) is 44.9 Å². The molecule has 4 nitrogen and oxygen atoms in total.